The second-order valence-electron chi connectivity index (χ2n) is 7.64. The molecule has 4 rings (SSSR count). The molecule has 7 heteroatoms. The van der Waals surface area contributed by atoms with Gasteiger partial charge in [0.15, 0.2) is 17.1 Å². The highest BCUT2D eigenvalue weighted by Crippen LogP contribution is 2.28. The molecule has 1 aliphatic rings. The molecule has 0 saturated carbocycles. The lowest BCUT2D eigenvalue weighted by Crippen LogP contribution is -2.33. The zero-order valence-electron chi connectivity index (χ0n) is 17.3. The summed E-state index contributed by atoms with van der Waals surface area (Å²) < 4.78 is 17.0. The van der Waals surface area contributed by atoms with Crippen LogP contribution in [0.15, 0.2) is 46.9 Å². The van der Waals surface area contributed by atoms with E-state index in [1.165, 1.54) is 12.8 Å². The maximum Gasteiger partial charge on any atom is 0.209 e. The van der Waals surface area contributed by atoms with Crippen LogP contribution in [0.2, 0.25) is 0 Å². The summed E-state index contributed by atoms with van der Waals surface area (Å²) in [6, 6.07) is 13.6. The molecule has 1 fully saturated rings. The second kappa shape index (κ2) is 9.93. The van der Waals surface area contributed by atoms with Crippen LogP contribution in [-0.4, -0.2) is 54.4 Å². The molecule has 0 spiro atoms. The molecule has 2 N–H and O–H groups in total. The van der Waals surface area contributed by atoms with Crippen molar-refractivity contribution in [1.29, 1.82) is 0 Å². The Morgan fingerprint density at radius 1 is 1.13 bits per heavy atom. The lowest BCUT2D eigenvalue weighted by Gasteiger charge is -2.20. The number of β-amino-alcohol motifs (C(OH)–C–C–N with tert-alkyl or cyclic N) is 1. The molecule has 0 bridgehead atoms. The van der Waals surface area contributed by atoms with Crippen LogP contribution in [0.5, 0.6) is 11.5 Å². The SMILES string of the molecule is COc1cc(CNCc2nc3ccccc3o2)ccc1OCC(O)CN1CCCC1. The van der Waals surface area contributed by atoms with Gasteiger partial charge in [-0.05, 0) is 55.8 Å². The lowest BCUT2D eigenvalue weighted by atomic mass is 10.2. The van der Waals surface area contributed by atoms with Crippen LogP contribution in [-0.2, 0) is 13.1 Å². The highest BCUT2D eigenvalue weighted by molar-refractivity contribution is 5.72. The normalized spacial score (nSPS) is 15.5. The number of nitrogens with one attached hydrogen (secondary N) is 1. The Morgan fingerprint density at radius 3 is 2.77 bits per heavy atom. The van der Waals surface area contributed by atoms with E-state index in [4.69, 9.17) is 13.9 Å². The van der Waals surface area contributed by atoms with Gasteiger partial charge in [0.1, 0.15) is 18.2 Å². The number of fused-ring (bicyclic) bond motifs is 1. The summed E-state index contributed by atoms with van der Waals surface area (Å²) in [5.41, 5.74) is 2.72. The third kappa shape index (κ3) is 5.30. The van der Waals surface area contributed by atoms with Gasteiger partial charge in [-0.25, -0.2) is 4.98 Å². The average Bonchev–Trinajstić information content (AvgIpc) is 3.41. The molecule has 3 aromatic rings. The fraction of sp³-hybridized carbons (Fsp3) is 0.435. The molecular weight excluding hydrogens is 382 g/mol. The molecule has 2 aromatic carbocycles. The number of aliphatic hydroxyl groups excluding tert-OH is 1. The quantitative estimate of drug-likeness (QED) is 0.531. The standard InChI is InChI=1S/C23H29N3O4/c1-28-22-12-17(13-24-14-23-25-19-6-2-3-7-20(19)30-23)8-9-21(22)29-16-18(27)15-26-10-4-5-11-26/h2-3,6-9,12,18,24,27H,4-5,10-11,13-16H2,1H3. The number of aliphatic hydroxyl groups is 1. The number of hydrogen-bond acceptors (Lipinski definition) is 7. The molecule has 1 atom stereocenters. The van der Waals surface area contributed by atoms with Crippen LogP contribution in [0, 0.1) is 0 Å². The highest BCUT2D eigenvalue weighted by Gasteiger charge is 2.17. The van der Waals surface area contributed by atoms with E-state index in [1.54, 1.807) is 7.11 Å². The number of benzene rings is 2. The minimum atomic E-state index is -0.509. The number of methoxy groups -OCH3 is 1. The molecule has 0 radical (unpaired) electrons. The Labute approximate surface area is 176 Å². The molecule has 1 aliphatic heterocycles. The summed E-state index contributed by atoms with van der Waals surface area (Å²) in [6.45, 7) is 4.21. The second-order valence-corrected chi connectivity index (χ2v) is 7.64. The number of para-hydroxylation sites is 2. The molecule has 1 unspecified atom stereocenters. The van der Waals surface area contributed by atoms with Crippen molar-refractivity contribution in [3.8, 4) is 11.5 Å². The van der Waals surface area contributed by atoms with E-state index in [0.29, 0.717) is 37.0 Å². The minimum Gasteiger partial charge on any atom is -0.493 e. The Balaban J connectivity index is 1.28. The van der Waals surface area contributed by atoms with Crippen molar-refractivity contribution in [2.75, 3.05) is 33.4 Å². The van der Waals surface area contributed by atoms with Gasteiger partial charge >= 0.3 is 0 Å². The van der Waals surface area contributed by atoms with Crippen molar-refractivity contribution in [3.05, 3.63) is 53.9 Å². The molecule has 2 heterocycles. The van der Waals surface area contributed by atoms with E-state index in [0.717, 1.165) is 29.8 Å². The van der Waals surface area contributed by atoms with Crippen LogP contribution >= 0.6 is 0 Å². The largest absolute Gasteiger partial charge is 0.493 e. The van der Waals surface area contributed by atoms with E-state index in [9.17, 15) is 5.11 Å². The van der Waals surface area contributed by atoms with Crippen molar-refractivity contribution >= 4 is 11.1 Å². The predicted octanol–water partition coefficient (Wildman–Crippen LogP) is 2.96. The van der Waals surface area contributed by atoms with E-state index < -0.39 is 6.10 Å². The lowest BCUT2D eigenvalue weighted by molar-refractivity contribution is 0.0747. The summed E-state index contributed by atoms with van der Waals surface area (Å²) in [6.07, 6.45) is 1.91. The fourth-order valence-electron chi connectivity index (χ4n) is 3.75. The first-order valence-corrected chi connectivity index (χ1v) is 10.5. The Morgan fingerprint density at radius 2 is 1.97 bits per heavy atom. The van der Waals surface area contributed by atoms with Crippen molar-refractivity contribution in [3.63, 3.8) is 0 Å². The summed E-state index contributed by atoms with van der Waals surface area (Å²) in [4.78, 5) is 6.74. The molecule has 1 aromatic heterocycles. The van der Waals surface area contributed by atoms with Gasteiger partial charge in [-0.2, -0.15) is 0 Å². The van der Waals surface area contributed by atoms with E-state index in [1.807, 2.05) is 42.5 Å². The number of rotatable bonds is 10. The fourth-order valence-corrected chi connectivity index (χ4v) is 3.75. The van der Waals surface area contributed by atoms with Gasteiger partial charge in [0.05, 0.1) is 13.7 Å². The average molecular weight is 412 g/mol. The third-order valence-electron chi connectivity index (χ3n) is 5.27. The van der Waals surface area contributed by atoms with Crippen LogP contribution in [0.1, 0.15) is 24.3 Å². The summed E-state index contributed by atoms with van der Waals surface area (Å²) in [7, 11) is 1.62. The molecule has 7 nitrogen and oxygen atoms in total. The van der Waals surface area contributed by atoms with Gasteiger partial charge in [0.25, 0.3) is 0 Å². The maximum atomic E-state index is 10.2. The molecule has 30 heavy (non-hydrogen) atoms. The first-order valence-electron chi connectivity index (χ1n) is 10.5. The number of ether oxygens (including phenoxy) is 2. The van der Waals surface area contributed by atoms with E-state index in [2.05, 4.69) is 15.2 Å². The Kier molecular flexibility index (Phi) is 6.84. The maximum absolute atomic E-state index is 10.2. The minimum absolute atomic E-state index is 0.252. The van der Waals surface area contributed by atoms with E-state index >= 15 is 0 Å². The summed E-state index contributed by atoms with van der Waals surface area (Å²) >= 11 is 0. The number of likely N-dealkylation sites (tertiary alicyclic amines) is 1. The zero-order chi connectivity index (χ0) is 20.8. The van der Waals surface area contributed by atoms with Gasteiger partial charge in [-0.3, -0.25) is 0 Å². The molecule has 160 valence electrons. The first-order chi connectivity index (χ1) is 14.7. The van der Waals surface area contributed by atoms with Crippen LogP contribution < -0.4 is 14.8 Å². The van der Waals surface area contributed by atoms with Crippen LogP contribution in [0.4, 0.5) is 0 Å². The van der Waals surface area contributed by atoms with Crippen LogP contribution in [0.3, 0.4) is 0 Å². The van der Waals surface area contributed by atoms with Crippen molar-refractivity contribution in [1.82, 2.24) is 15.2 Å². The number of oxazole rings is 1. The number of nitrogens with zero attached hydrogens (tertiary/aromatic N) is 2. The smallest absolute Gasteiger partial charge is 0.209 e. The predicted molar refractivity (Wildman–Crippen MR) is 115 cm³/mol. The van der Waals surface area contributed by atoms with Gasteiger partial charge in [-0.15, -0.1) is 0 Å². The van der Waals surface area contributed by atoms with Gasteiger partial charge in [-0.1, -0.05) is 18.2 Å². The van der Waals surface area contributed by atoms with Gasteiger partial charge in [0, 0.05) is 13.1 Å². The highest BCUT2D eigenvalue weighted by atomic mass is 16.5. The number of hydrogen-bond donors (Lipinski definition) is 2. The first kappa shape index (κ1) is 20.7. The van der Waals surface area contributed by atoms with Crippen molar-refractivity contribution in [2.24, 2.45) is 0 Å². The van der Waals surface area contributed by atoms with Crippen molar-refractivity contribution < 1.29 is 19.0 Å². The van der Waals surface area contributed by atoms with Gasteiger partial charge < -0.3 is 29.2 Å². The zero-order valence-corrected chi connectivity index (χ0v) is 17.3. The van der Waals surface area contributed by atoms with Crippen molar-refractivity contribution in [2.45, 2.75) is 32.0 Å². The monoisotopic (exact) mass is 411 g/mol. The third-order valence-corrected chi connectivity index (χ3v) is 5.27. The Bertz CT molecular complexity index is 920. The molecule has 1 saturated heterocycles. The molecule has 0 amide bonds. The molecule has 0 aliphatic carbocycles. The topological polar surface area (TPSA) is 80.0 Å². The summed E-state index contributed by atoms with van der Waals surface area (Å²) in [5.74, 6) is 1.96. The molecular formula is C23H29N3O4. The number of aromatic nitrogens is 1. The van der Waals surface area contributed by atoms with E-state index in [-0.39, 0.29) is 6.61 Å². The summed E-state index contributed by atoms with van der Waals surface area (Å²) in [5, 5.41) is 13.6. The Hall–Kier alpha value is -2.61. The van der Waals surface area contributed by atoms with Gasteiger partial charge in [0.2, 0.25) is 5.89 Å². The van der Waals surface area contributed by atoms with Crippen LogP contribution in [0.25, 0.3) is 11.1 Å².